The number of carbonyl (C=O) groups is 1. The van der Waals surface area contributed by atoms with Crippen LogP contribution in [0.3, 0.4) is 0 Å². The predicted octanol–water partition coefficient (Wildman–Crippen LogP) is 5.49. The molecule has 5 nitrogen and oxygen atoms in total. The van der Waals surface area contributed by atoms with Gasteiger partial charge in [0.25, 0.3) is 5.69 Å². The molecule has 0 saturated carbocycles. The first-order valence-electron chi connectivity index (χ1n) is 8.36. The molecule has 0 unspecified atom stereocenters. The quantitative estimate of drug-likeness (QED) is 0.160. The number of non-ortho nitro benzene ring substituents is 1. The van der Waals surface area contributed by atoms with Gasteiger partial charge in [0.05, 0.1) is 16.8 Å². The molecule has 0 fully saturated rings. The first-order valence-corrected chi connectivity index (χ1v) is 8.36. The Kier molecular flexibility index (Phi) is 4.18. The van der Waals surface area contributed by atoms with Crippen molar-refractivity contribution in [3.8, 4) is 0 Å². The molecule has 4 aromatic rings. The Bertz CT molecular complexity index is 1230. The Morgan fingerprint density at radius 1 is 0.852 bits per heavy atom. The fourth-order valence-corrected chi connectivity index (χ4v) is 3.05. The minimum atomic E-state index is -0.491. The first-order chi connectivity index (χ1) is 13.1. The number of ketones is 1. The van der Waals surface area contributed by atoms with Crippen molar-refractivity contribution < 1.29 is 9.72 Å². The second kappa shape index (κ2) is 6.80. The number of nitrogens with zero attached hydrogens (tertiary/aromatic N) is 2. The van der Waals surface area contributed by atoms with E-state index in [2.05, 4.69) is 11.1 Å². The highest BCUT2D eigenvalue weighted by molar-refractivity contribution is 6.36. The normalized spacial score (nSPS) is 11.3. The topological polar surface area (TPSA) is 72.6 Å². The predicted molar refractivity (Wildman–Crippen MR) is 107 cm³/mol. The van der Waals surface area contributed by atoms with Crippen LogP contribution in [0.1, 0.15) is 10.4 Å². The third-order valence-corrected chi connectivity index (χ3v) is 4.40. The van der Waals surface area contributed by atoms with Gasteiger partial charge in [-0.3, -0.25) is 19.9 Å². The molecule has 0 radical (unpaired) electrons. The van der Waals surface area contributed by atoms with Crippen LogP contribution in [-0.4, -0.2) is 16.9 Å². The third-order valence-electron chi connectivity index (χ3n) is 4.40. The van der Waals surface area contributed by atoms with Crippen molar-refractivity contribution in [1.29, 1.82) is 0 Å². The molecule has 5 heteroatoms. The standard InChI is InChI=1S/C22H14N2O3/c25-22(14-23-18-5-3-6-19(13-18)24(26)27)17-11-10-16-9-8-15-4-1-2-7-20(15)21(16)12-17/h1-14H. The second-order valence-electron chi connectivity index (χ2n) is 6.12. The van der Waals surface area contributed by atoms with E-state index in [-0.39, 0.29) is 11.5 Å². The van der Waals surface area contributed by atoms with Crippen molar-refractivity contribution in [1.82, 2.24) is 0 Å². The molecule has 0 heterocycles. The molecule has 0 aliphatic rings. The van der Waals surface area contributed by atoms with E-state index in [1.807, 2.05) is 42.5 Å². The van der Waals surface area contributed by atoms with Crippen LogP contribution >= 0.6 is 0 Å². The molecule has 0 amide bonds. The molecule has 0 bridgehead atoms. The molecular formula is C22H14N2O3. The van der Waals surface area contributed by atoms with Gasteiger partial charge in [-0.05, 0) is 33.7 Å². The molecule has 0 spiro atoms. The molecule has 0 aliphatic heterocycles. The van der Waals surface area contributed by atoms with Gasteiger partial charge in [-0.15, -0.1) is 0 Å². The van der Waals surface area contributed by atoms with Gasteiger partial charge < -0.3 is 0 Å². The fraction of sp³-hybridized carbons (Fsp3) is 0. The number of aliphatic imine (C=N–C) groups is 1. The number of benzene rings is 4. The van der Waals surface area contributed by atoms with Crippen molar-refractivity contribution in [3.63, 3.8) is 0 Å². The fourth-order valence-electron chi connectivity index (χ4n) is 3.05. The number of nitro groups is 1. The zero-order chi connectivity index (χ0) is 18.8. The molecule has 0 aromatic heterocycles. The lowest BCUT2D eigenvalue weighted by Gasteiger charge is -2.05. The molecular weight excluding hydrogens is 340 g/mol. The van der Waals surface area contributed by atoms with Gasteiger partial charge in [0.15, 0.2) is 0 Å². The smallest absolute Gasteiger partial charge is 0.271 e. The van der Waals surface area contributed by atoms with Crippen LogP contribution in [-0.2, 0) is 0 Å². The Morgan fingerprint density at radius 2 is 1.59 bits per heavy atom. The highest BCUT2D eigenvalue weighted by atomic mass is 16.6. The summed E-state index contributed by atoms with van der Waals surface area (Å²) in [4.78, 5) is 27.0. The molecule has 0 saturated heterocycles. The highest BCUT2D eigenvalue weighted by Crippen LogP contribution is 2.26. The van der Waals surface area contributed by atoms with Gasteiger partial charge in [-0.1, -0.05) is 54.6 Å². The highest BCUT2D eigenvalue weighted by Gasteiger charge is 2.08. The lowest BCUT2D eigenvalue weighted by atomic mass is 9.99. The van der Waals surface area contributed by atoms with Crippen molar-refractivity contribution in [2.45, 2.75) is 0 Å². The average molecular weight is 354 g/mol. The van der Waals surface area contributed by atoms with Gasteiger partial charge in [0.2, 0.25) is 5.78 Å². The van der Waals surface area contributed by atoms with Gasteiger partial charge in [0.1, 0.15) is 0 Å². The summed E-state index contributed by atoms with van der Waals surface area (Å²) in [5.41, 5.74) is 0.825. The zero-order valence-corrected chi connectivity index (χ0v) is 14.2. The monoisotopic (exact) mass is 354 g/mol. The van der Waals surface area contributed by atoms with E-state index in [0.29, 0.717) is 11.3 Å². The Morgan fingerprint density at radius 3 is 2.41 bits per heavy atom. The minimum Gasteiger partial charge on any atom is -0.288 e. The molecule has 4 aromatic carbocycles. The molecule has 130 valence electrons. The Balaban J connectivity index is 1.69. The lowest BCUT2D eigenvalue weighted by molar-refractivity contribution is -0.384. The summed E-state index contributed by atoms with van der Waals surface area (Å²) in [6.07, 6.45) is 1.20. The number of carbonyl (C=O) groups excluding carboxylic acids is 1. The maximum Gasteiger partial charge on any atom is 0.271 e. The molecule has 0 N–H and O–H groups in total. The largest absolute Gasteiger partial charge is 0.288 e. The second-order valence-corrected chi connectivity index (χ2v) is 6.12. The van der Waals surface area contributed by atoms with Crippen molar-refractivity contribution in [2.24, 2.45) is 4.99 Å². The third kappa shape index (κ3) is 3.30. The summed E-state index contributed by atoms with van der Waals surface area (Å²) in [5, 5.41) is 15.1. The van der Waals surface area contributed by atoms with E-state index < -0.39 is 4.92 Å². The maximum absolute atomic E-state index is 12.5. The molecule has 4 rings (SSSR count). The summed E-state index contributed by atoms with van der Waals surface area (Å²) in [7, 11) is 0. The van der Waals surface area contributed by atoms with Crippen molar-refractivity contribution >= 4 is 44.9 Å². The van der Waals surface area contributed by atoms with Crippen LogP contribution in [0.4, 0.5) is 11.4 Å². The maximum atomic E-state index is 12.5. The lowest BCUT2D eigenvalue weighted by Crippen LogP contribution is -2.00. The van der Waals surface area contributed by atoms with Crippen molar-refractivity contribution in [3.05, 3.63) is 94.5 Å². The van der Waals surface area contributed by atoms with Crippen molar-refractivity contribution in [2.75, 3.05) is 0 Å². The summed E-state index contributed by atoms with van der Waals surface area (Å²) in [6, 6.07) is 23.5. The SMILES string of the molecule is O=C(C=Nc1cccc([N+](=O)[O-])c1)c1ccc2ccc3ccccc3c2c1. The zero-order valence-electron chi connectivity index (χ0n) is 14.2. The van der Waals surface area contributed by atoms with E-state index >= 15 is 0 Å². The number of Topliss-reactive ketones (excluding diaryl/α,β-unsaturated/α-hetero) is 1. The van der Waals surface area contributed by atoms with Gasteiger partial charge in [-0.2, -0.15) is 0 Å². The first kappa shape index (κ1) is 16.6. The van der Waals surface area contributed by atoms with E-state index in [1.165, 1.54) is 24.4 Å². The van der Waals surface area contributed by atoms with Gasteiger partial charge in [-0.25, -0.2) is 0 Å². The number of fused-ring (bicyclic) bond motifs is 3. The Hall–Kier alpha value is -3.86. The summed E-state index contributed by atoms with van der Waals surface area (Å²) in [5.74, 6) is -0.253. The van der Waals surface area contributed by atoms with Crippen LogP contribution in [0.25, 0.3) is 21.5 Å². The van der Waals surface area contributed by atoms with Crippen LogP contribution in [0.2, 0.25) is 0 Å². The number of rotatable bonds is 4. The minimum absolute atomic E-state index is 0.0609. The molecule has 0 atom stereocenters. The van der Waals surface area contributed by atoms with Gasteiger partial charge in [0, 0.05) is 17.7 Å². The molecule has 27 heavy (non-hydrogen) atoms. The number of nitro benzene ring substituents is 1. The van der Waals surface area contributed by atoms with Crippen LogP contribution in [0.15, 0.2) is 83.9 Å². The summed E-state index contributed by atoms with van der Waals surface area (Å²) < 4.78 is 0. The molecule has 0 aliphatic carbocycles. The van der Waals surface area contributed by atoms with Gasteiger partial charge >= 0.3 is 0 Å². The van der Waals surface area contributed by atoms with E-state index in [4.69, 9.17) is 0 Å². The number of hydrogen-bond acceptors (Lipinski definition) is 4. The van der Waals surface area contributed by atoms with E-state index in [0.717, 1.165) is 21.5 Å². The van der Waals surface area contributed by atoms with E-state index in [1.54, 1.807) is 12.1 Å². The summed E-state index contributed by atoms with van der Waals surface area (Å²) >= 11 is 0. The van der Waals surface area contributed by atoms with Crippen LogP contribution in [0.5, 0.6) is 0 Å². The van der Waals surface area contributed by atoms with Crippen LogP contribution < -0.4 is 0 Å². The summed E-state index contributed by atoms with van der Waals surface area (Å²) in [6.45, 7) is 0. The van der Waals surface area contributed by atoms with Crippen LogP contribution in [0, 0.1) is 10.1 Å². The number of hydrogen-bond donors (Lipinski definition) is 0. The average Bonchev–Trinajstić information content (AvgIpc) is 2.71. The Labute approximate surface area is 154 Å². The van der Waals surface area contributed by atoms with E-state index in [9.17, 15) is 14.9 Å².